The summed E-state index contributed by atoms with van der Waals surface area (Å²) in [6, 6.07) is 9.35. The van der Waals surface area contributed by atoms with Crippen LogP contribution >= 0.6 is 0 Å². The Balaban J connectivity index is 1.69. The Morgan fingerprint density at radius 2 is 2.06 bits per heavy atom. The summed E-state index contributed by atoms with van der Waals surface area (Å²) < 4.78 is 10.3. The second kappa shape index (κ2) is 5.69. The van der Waals surface area contributed by atoms with Gasteiger partial charge in [-0.1, -0.05) is 18.2 Å². The van der Waals surface area contributed by atoms with E-state index in [0.717, 1.165) is 5.75 Å². The fourth-order valence-corrected chi connectivity index (χ4v) is 1.26. The molecule has 0 amide bonds. The summed E-state index contributed by atoms with van der Waals surface area (Å²) in [5.74, 6) is 0.470. The van der Waals surface area contributed by atoms with Gasteiger partial charge >= 0.3 is 5.97 Å². The van der Waals surface area contributed by atoms with E-state index in [0.29, 0.717) is 6.61 Å². The van der Waals surface area contributed by atoms with Crippen molar-refractivity contribution in [3.8, 4) is 5.75 Å². The van der Waals surface area contributed by atoms with Gasteiger partial charge in [0.05, 0.1) is 0 Å². The van der Waals surface area contributed by atoms with Crippen LogP contribution in [0.2, 0.25) is 0 Å². The number of nitrogens with one attached hydrogen (secondary N) is 1. The number of imidazole rings is 1. The molecule has 0 saturated carbocycles. The molecule has 0 saturated heterocycles. The number of hydrogen-bond donors (Lipinski definition) is 1. The number of para-hydroxylation sites is 1. The molecular weight excluding hydrogens is 220 g/mol. The molecule has 0 spiro atoms. The first-order chi connectivity index (χ1) is 8.36. The fourth-order valence-electron chi connectivity index (χ4n) is 1.26. The number of ether oxygens (including phenoxy) is 2. The molecule has 0 radical (unpaired) electrons. The number of hydrogen-bond acceptors (Lipinski definition) is 4. The number of nitrogens with zero attached hydrogens (tertiary/aromatic N) is 1. The number of esters is 1. The monoisotopic (exact) mass is 232 g/mol. The number of carbonyl (C=O) groups excluding carboxylic acids is 1. The van der Waals surface area contributed by atoms with Crippen molar-refractivity contribution in [1.82, 2.24) is 9.97 Å². The molecule has 0 aliphatic carbocycles. The van der Waals surface area contributed by atoms with Crippen molar-refractivity contribution in [1.29, 1.82) is 0 Å². The molecule has 1 heterocycles. The molecule has 0 unspecified atom stereocenters. The first kappa shape index (κ1) is 11.2. The van der Waals surface area contributed by atoms with E-state index in [1.54, 1.807) is 6.20 Å². The maximum Gasteiger partial charge on any atom is 0.374 e. The lowest BCUT2D eigenvalue weighted by Gasteiger charge is -2.05. The van der Waals surface area contributed by atoms with Crippen LogP contribution in [-0.4, -0.2) is 29.2 Å². The number of aromatic amines is 1. The summed E-state index contributed by atoms with van der Waals surface area (Å²) in [6.07, 6.45) is 3.06. The Morgan fingerprint density at radius 3 is 2.76 bits per heavy atom. The van der Waals surface area contributed by atoms with Gasteiger partial charge in [-0.2, -0.15) is 0 Å². The molecule has 5 nitrogen and oxygen atoms in total. The first-order valence-electron chi connectivity index (χ1n) is 5.20. The quantitative estimate of drug-likeness (QED) is 0.628. The molecule has 2 aromatic rings. The minimum Gasteiger partial charge on any atom is -0.490 e. The topological polar surface area (TPSA) is 64.2 Å². The van der Waals surface area contributed by atoms with Crippen LogP contribution in [0.4, 0.5) is 0 Å². The van der Waals surface area contributed by atoms with Crippen LogP contribution in [0.3, 0.4) is 0 Å². The second-order valence-corrected chi connectivity index (χ2v) is 3.24. The van der Waals surface area contributed by atoms with Gasteiger partial charge in [-0.25, -0.2) is 9.78 Å². The summed E-state index contributed by atoms with van der Waals surface area (Å²) in [6.45, 7) is 0.505. The van der Waals surface area contributed by atoms with Crippen molar-refractivity contribution in [2.45, 2.75) is 0 Å². The highest BCUT2D eigenvalue weighted by Crippen LogP contribution is 2.07. The highest BCUT2D eigenvalue weighted by molar-refractivity contribution is 5.85. The van der Waals surface area contributed by atoms with E-state index in [-0.39, 0.29) is 12.4 Å². The Labute approximate surface area is 98.4 Å². The zero-order valence-corrected chi connectivity index (χ0v) is 9.13. The zero-order valence-electron chi connectivity index (χ0n) is 9.13. The molecule has 5 heteroatoms. The number of benzene rings is 1. The van der Waals surface area contributed by atoms with Gasteiger partial charge in [0, 0.05) is 12.4 Å². The minimum absolute atomic E-state index is 0.189. The van der Waals surface area contributed by atoms with Gasteiger partial charge in [0.1, 0.15) is 19.0 Å². The highest BCUT2D eigenvalue weighted by Gasteiger charge is 2.08. The molecule has 0 atom stereocenters. The maximum atomic E-state index is 11.3. The summed E-state index contributed by atoms with van der Waals surface area (Å²) in [4.78, 5) is 17.8. The van der Waals surface area contributed by atoms with E-state index in [4.69, 9.17) is 9.47 Å². The third-order valence-corrected chi connectivity index (χ3v) is 2.02. The average molecular weight is 232 g/mol. The van der Waals surface area contributed by atoms with Crippen molar-refractivity contribution in [3.05, 3.63) is 48.5 Å². The molecule has 1 N–H and O–H groups in total. The Hall–Kier alpha value is -2.30. The zero-order chi connectivity index (χ0) is 11.9. The van der Waals surface area contributed by atoms with E-state index < -0.39 is 5.97 Å². The van der Waals surface area contributed by atoms with E-state index in [2.05, 4.69) is 9.97 Å². The second-order valence-electron chi connectivity index (χ2n) is 3.24. The Kier molecular flexibility index (Phi) is 3.75. The third-order valence-electron chi connectivity index (χ3n) is 2.02. The van der Waals surface area contributed by atoms with Gasteiger partial charge in [-0.15, -0.1) is 0 Å². The van der Waals surface area contributed by atoms with Gasteiger partial charge in [0.25, 0.3) is 0 Å². The van der Waals surface area contributed by atoms with Crippen molar-refractivity contribution < 1.29 is 14.3 Å². The van der Waals surface area contributed by atoms with E-state index >= 15 is 0 Å². The summed E-state index contributed by atoms with van der Waals surface area (Å²) in [5, 5.41) is 0. The van der Waals surface area contributed by atoms with Crippen LogP contribution in [0.1, 0.15) is 10.6 Å². The van der Waals surface area contributed by atoms with Gasteiger partial charge in [-0.3, -0.25) is 0 Å². The maximum absolute atomic E-state index is 11.3. The van der Waals surface area contributed by atoms with Crippen LogP contribution in [0.15, 0.2) is 42.7 Å². The summed E-state index contributed by atoms with van der Waals surface area (Å²) in [7, 11) is 0. The third kappa shape index (κ3) is 3.34. The van der Waals surface area contributed by atoms with Gasteiger partial charge < -0.3 is 14.5 Å². The lowest BCUT2D eigenvalue weighted by molar-refractivity contribution is 0.0437. The molecule has 2 rings (SSSR count). The van der Waals surface area contributed by atoms with E-state index in [1.165, 1.54) is 6.20 Å². The molecule has 17 heavy (non-hydrogen) atoms. The number of rotatable bonds is 5. The number of H-pyrrole nitrogens is 1. The van der Waals surface area contributed by atoms with E-state index in [9.17, 15) is 4.79 Å². The largest absolute Gasteiger partial charge is 0.490 e. The normalized spacial score (nSPS) is 9.88. The van der Waals surface area contributed by atoms with Crippen LogP contribution in [0.25, 0.3) is 0 Å². The van der Waals surface area contributed by atoms with Crippen molar-refractivity contribution in [3.63, 3.8) is 0 Å². The van der Waals surface area contributed by atoms with Crippen LogP contribution in [0, 0.1) is 0 Å². The van der Waals surface area contributed by atoms with Gasteiger partial charge in [0.2, 0.25) is 5.82 Å². The molecule has 0 aliphatic rings. The van der Waals surface area contributed by atoms with Gasteiger partial charge in [-0.05, 0) is 12.1 Å². The number of carbonyl (C=O) groups is 1. The molecule has 0 fully saturated rings. The number of aromatic nitrogens is 2. The minimum atomic E-state index is -0.480. The summed E-state index contributed by atoms with van der Waals surface area (Å²) >= 11 is 0. The molecule has 1 aromatic carbocycles. The van der Waals surface area contributed by atoms with Crippen molar-refractivity contribution in [2.75, 3.05) is 13.2 Å². The predicted octanol–water partition coefficient (Wildman–Crippen LogP) is 1.65. The smallest absolute Gasteiger partial charge is 0.374 e. The summed E-state index contributed by atoms with van der Waals surface area (Å²) in [5.41, 5.74) is 0. The lowest BCUT2D eigenvalue weighted by atomic mass is 10.3. The Bertz CT molecular complexity index is 454. The molecule has 88 valence electrons. The van der Waals surface area contributed by atoms with Crippen molar-refractivity contribution >= 4 is 5.97 Å². The standard InChI is InChI=1S/C12H12N2O3/c15-12(11-13-6-7-14-11)17-9-8-16-10-4-2-1-3-5-10/h1-7H,8-9H2,(H,13,14). The lowest BCUT2D eigenvalue weighted by Crippen LogP contribution is -2.13. The molecule has 0 bridgehead atoms. The highest BCUT2D eigenvalue weighted by atomic mass is 16.6. The van der Waals surface area contributed by atoms with Crippen LogP contribution in [0.5, 0.6) is 5.75 Å². The predicted molar refractivity (Wildman–Crippen MR) is 60.8 cm³/mol. The molecule has 0 aliphatic heterocycles. The first-order valence-corrected chi connectivity index (χ1v) is 5.20. The van der Waals surface area contributed by atoms with Crippen molar-refractivity contribution in [2.24, 2.45) is 0 Å². The van der Waals surface area contributed by atoms with Crippen LogP contribution in [-0.2, 0) is 4.74 Å². The molecule has 1 aromatic heterocycles. The van der Waals surface area contributed by atoms with E-state index in [1.807, 2.05) is 30.3 Å². The van der Waals surface area contributed by atoms with Crippen LogP contribution < -0.4 is 4.74 Å². The average Bonchev–Trinajstić information content (AvgIpc) is 2.89. The fraction of sp³-hybridized carbons (Fsp3) is 0.167. The SMILES string of the molecule is O=C(OCCOc1ccccc1)c1ncc[nH]1. The Morgan fingerprint density at radius 1 is 1.24 bits per heavy atom. The molecular formula is C12H12N2O3. The van der Waals surface area contributed by atoms with Gasteiger partial charge in [0.15, 0.2) is 0 Å².